The van der Waals surface area contributed by atoms with Crippen molar-refractivity contribution in [2.24, 2.45) is 0 Å². The van der Waals surface area contributed by atoms with Gasteiger partial charge in [-0.25, -0.2) is 0 Å². The summed E-state index contributed by atoms with van der Waals surface area (Å²) in [7, 11) is 2.24. The van der Waals surface area contributed by atoms with E-state index in [1.54, 1.807) is 0 Å². The minimum atomic E-state index is 0.755. The fourth-order valence-corrected chi connectivity index (χ4v) is 2.39. The van der Waals surface area contributed by atoms with Gasteiger partial charge in [-0.1, -0.05) is 6.92 Å². The molecule has 0 aromatic rings. The summed E-state index contributed by atoms with van der Waals surface area (Å²) in [4.78, 5) is 5.11. The Balaban J connectivity index is 2.16. The van der Waals surface area contributed by atoms with Crippen LogP contribution < -0.4 is 5.32 Å². The topological polar surface area (TPSA) is 18.5 Å². The standard InChI is InChI=1S/C13H29N3/c1-4-14-8-5-7-13(2)16-10-6-9-15(3)11-12-16/h13-14H,4-12H2,1-3H3. The van der Waals surface area contributed by atoms with Crippen molar-refractivity contribution in [1.82, 2.24) is 15.1 Å². The van der Waals surface area contributed by atoms with E-state index in [-0.39, 0.29) is 0 Å². The molecule has 0 aromatic carbocycles. The summed E-state index contributed by atoms with van der Waals surface area (Å²) in [5.41, 5.74) is 0. The molecule has 0 amide bonds. The molecule has 1 saturated heterocycles. The number of hydrogen-bond donors (Lipinski definition) is 1. The molecule has 96 valence electrons. The highest BCUT2D eigenvalue weighted by molar-refractivity contribution is 4.73. The lowest BCUT2D eigenvalue weighted by molar-refractivity contribution is 0.203. The third-order valence-corrected chi connectivity index (χ3v) is 3.60. The Morgan fingerprint density at radius 2 is 2.00 bits per heavy atom. The molecule has 1 unspecified atom stereocenters. The predicted octanol–water partition coefficient (Wildman–Crippen LogP) is 1.40. The Kier molecular flexibility index (Phi) is 7.01. The highest BCUT2D eigenvalue weighted by atomic mass is 15.2. The number of nitrogens with zero attached hydrogens (tertiary/aromatic N) is 2. The third-order valence-electron chi connectivity index (χ3n) is 3.60. The first-order valence-electron chi connectivity index (χ1n) is 6.87. The lowest BCUT2D eigenvalue weighted by Crippen LogP contribution is -2.36. The average Bonchev–Trinajstić information content (AvgIpc) is 2.49. The summed E-state index contributed by atoms with van der Waals surface area (Å²) >= 11 is 0. The summed E-state index contributed by atoms with van der Waals surface area (Å²) in [6.07, 6.45) is 3.96. The van der Waals surface area contributed by atoms with Gasteiger partial charge in [0, 0.05) is 19.1 Å². The molecule has 1 atom stereocenters. The van der Waals surface area contributed by atoms with Crippen molar-refractivity contribution in [2.45, 2.75) is 39.2 Å². The smallest absolute Gasteiger partial charge is 0.0112 e. The van der Waals surface area contributed by atoms with Gasteiger partial charge in [-0.05, 0) is 59.4 Å². The van der Waals surface area contributed by atoms with Crippen LogP contribution in [0.4, 0.5) is 0 Å². The summed E-state index contributed by atoms with van der Waals surface area (Å²) in [5.74, 6) is 0. The van der Waals surface area contributed by atoms with E-state index in [9.17, 15) is 0 Å². The molecule has 1 aliphatic heterocycles. The van der Waals surface area contributed by atoms with Gasteiger partial charge in [0.05, 0.1) is 0 Å². The molecular weight excluding hydrogens is 198 g/mol. The Morgan fingerprint density at radius 1 is 1.19 bits per heavy atom. The van der Waals surface area contributed by atoms with E-state index in [0.29, 0.717) is 0 Å². The fourth-order valence-electron chi connectivity index (χ4n) is 2.39. The van der Waals surface area contributed by atoms with Crippen LogP contribution in [0.25, 0.3) is 0 Å². The molecule has 3 heteroatoms. The Bertz CT molecular complexity index is 173. The van der Waals surface area contributed by atoms with E-state index in [2.05, 4.69) is 36.0 Å². The molecule has 0 aliphatic carbocycles. The van der Waals surface area contributed by atoms with Gasteiger partial charge in [0.2, 0.25) is 0 Å². The number of rotatable bonds is 6. The first-order chi connectivity index (χ1) is 7.74. The van der Waals surface area contributed by atoms with Gasteiger partial charge in [-0.15, -0.1) is 0 Å². The number of likely N-dealkylation sites (N-methyl/N-ethyl adjacent to an activating group) is 1. The summed E-state index contributed by atoms with van der Waals surface area (Å²) in [6.45, 7) is 11.9. The van der Waals surface area contributed by atoms with Crippen LogP contribution in [0, 0.1) is 0 Å². The molecule has 16 heavy (non-hydrogen) atoms. The van der Waals surface area contributed by atoms with Crippen molar-refractivity contribution in [3.63, 3.8) is 0 Å². The van der Waals surface area contributed by atoms with Gasteiger partial charge in [0.15, 0.2) is 0 Å². The summed E-state index contributed by atoms with van der Waals surface area (Å²) in [5, 5.41) is 3.40. The highest BCUT2D eigenvalue weighted by Crippen LogP contribution is 2.10. The first kappa shape index (κ1) is 13.9. The SMILES string of the molecule is CCNCCCC(C)N1CCCN(C)CC1. The second-order valence-corrected chi connectivity index (χ2v) is 5.04. The van der Waals surface area contributed by atoms with Crippen LogP contribution in [0.3, 0.4) is 0 Å². The molecule has 1 N–H and O–H groups in total. The van der Waals surface area contributed by atoms with Crippen LogP contribution in [0.1, 0.15) is 33.1 Å². The second-order valence-electron chi connectivity index (χ2n) is 5.04. The van der Waals surface area contributed by atoms with E-state index < -0.39 is 0 Å². The van der Waals surface area contributed by atoms with Crippen LogP contribution in [-0.4, -0.2) is 62.2 Å². The van der Waals surface area contributed by atoms with Gasteiger partial charge in [0.25, 0.3) is 0 Å². The van der Waals surface area contributed by atoms with Crippen LogP contribution in [0.15, 0.2) is 0 Å². The van der Waals surface area contributed by atoms with Gasteiger partial charge in [-0.2, -0.15) is 0 Å². The van der Waals surface area contributed by atoms with Gasteiger partial charge in [0.1, 0.15) is 0 Å². The Labute approximate surface area is 101 Å². The van der Waals surface area contributed by atoms with Gasteiger partial charge >= 0.3 is 0 Å². The lowest BCUT2D eigenvalue weighted by atomic mass is 10.1. The van der Waals surface area contributed by atoms with Crippen LogP contribution >= 0.6 is 0 Å². The van der Waals surface area contributed by atoms with Crippen molar-refractivity contribution >= 4 is 0 Å². The molecule has 0 spiro atoms. The lowest BCUT2D eigenvalue weighted by Gasteiger charge is -2.27. The van der Waals surface area contributed by atoms with Gasteiger partial charge < -0.3 is 10.2 Å². The zero-order chi connectivity index (χ0) is 11.8. The zero-order valence-corrected chi connectivity index (χ0v) is 11.3. The molecule has 1 fully saturated rings. The van der Waals surface area contributed by atoms with Crippen LogP contribution in [-0.2, 0) is 0 Å². The molecule has 0 aromatic heterocycles. The molecule has 1 heterocycles. The summed E-state index contributed by atoms with van der Waals surface area (Å²) in [6, 6.07) is 0.755. The molecule has 0 radical (unpaired) electrons. The van der Waals surface area contributed by atoms with Crippen molar-refractivity contribution in [3.05, 3.63) is 0 Å². The number of nitrogens with one attached hydrogen (secondary N) is 1. The molecule has 3 nitrogen and oxygen atoms in total. The van der Waals surface area contributed by atoms with E-state index in [0.717, 1.165) is 12.6 Å². The van der Waals surface area contributed by atoms with Crippen molar-refractivity contribution in [1.29, 1.82) is 0 Å². The number of hydrogen-bond acceptors (Lipinski definition) is 3. The molecule has 1 aliphatic rings. The minimum absolute atomic E-state index is 0.755. The quantitative estimate of drug-likeness (QED) is 0.692. The third kappa shape index (κ3) is 5.28. The minimum Gasteiger partial charge on any atom is -0.317 e. The van der Waals surface area contributed by atoms with Gasteiger partial charge in [-0.3, -0.25) is 4.90 Å². The second kappa shape index (κ2) is 8.04. The maximum Gasteiger partial charge on any atom is 0.0112 e. The predicted molar refractivity (Wildman–Crippen MR) is 70.9 cm³/mol. The zero-order valence-electron chi connectivity index (χ0n) is 11.3. The average molecular weight is 227 g/mol. The fraction of sp³-hybridized carbons (Fsp3) is 1.00. The van der Waals surface area contributed by atoms with Crippen molar-refractivity contribution in [2.75, 3.05) is 46.3 Å². The maximum absolute atomic E-state index is 3.40. The Morgan fingerprint density at radius 3 is 2.75 bits per heavy atom. The highest BCUT2D eigenvalue weighted by Gasteiger charge is 2.16. The normalized spacial score (nSPS) is 21.9. The molecule has 0 saturated carbocycles. The van der Waals surface area contributed by atoms with Crippen molar-refractivity contribution < 1.29 is 0 Å². The monoisotopic (exact) mass is 227 g/mol. The first-order valence-corrected chi connectivity index (χ1v) is 6.87. The summed E-state index contributed by atoms with van der Waals surface area (Å²) < 4.78 is 0. The largest absolute Gasteiger partial charge is 0.317 e. The van der Waals surface area contributed by atoms with Crippen LogP contribution in [0.2, 0.25) is 0 Å². The molecule has 1 rings (SSSR count). The van der Waals surface area contributed by atoms with E-state index in [1.165, 1.54) is 52.0 Å². The van der Waals surface area contributed by atoms with E-state index >= 15 is 0 Å². The maximum atomic E-state index is 3.40. The van der Waals surface area contributed by atoms with E-state index in [1.807, 2.05) is 0 Å². The van der Waals surface area contributed by atoms with Crippen LogP contribution in [0.5, 0.6) is 0 Å². The Hall–Kier alpha value is -0.120. The van der Waals surface area contributed by atoms with E-state index in [4.69, 9.17) is 0 Å². The molecular formula is C13H29N3. The van der Waals surface area contributed by atoms with Crippen molar-refractivity contribution in [3.8, 4) is 0 Å². The molecule has 0 bridgehead atoms.